The predicted octanol–water partition coefficient (Wildman–Crippen LogP) is 3.22. The molecule has 0 saturated carbocycles. The summed E-state index contributed by atoms with van der Waals surface area (Å²) in [5, 5.41) is 13.9. The minimum absolute atomic E-state index is 0.0686. The normalized spacial score (nSPS) is 13.7. The molecule has 0 spiro atoms. The smallest absolute Gasteiger partial charge is 0.124 e. The van der Waals surface area contributed by atoms with Crippen LogP contribution in [-0.4, -0.2) is 18.3 Å². The van der Waals surface area contributed by atoms with Crippen LogP contribution < -0.4 is 10.1 Å². The largest absolute Gasteiger partial charge is 0.496 e. The molecule has 2 N–H and O–H groups in total. The zero-order valence-electron chi connectivity index (χ0n) is 12.8. The van der Waals surface area contributed by atoms with E-state index in [0.29, 0.717) is 0 Å². The van der Waals surface area contributed by atoms with Gasteiger partial charge in [-0.2, -0.15) is 0 Å². The molecule has 0 amide bonds. The number of hydrogen-bond donors (Lipinski definition) is 2. The summed E-state index contributed by atoms with van der Waals surface area (Å²) in [5.74, 6) is 0.724. The maximum absolute atomic E-state index is 10.6. The fourth-order valence-corrected chi connectivity index (χ4v) is 2.34. The molecule has 0 saturated heterocycles. The fourth-order valence-electron chi connectivity index (χ4n) is 2.34. The number of benzene rings is 2. The van der Waals surface area contributed by atoms with Gasteiger partial charge in [-0.3, -0.25) is 0 Å². The van der Waals surface area contributed by atoms with E-state index in [0.717, 1.165) is 23.4 Å². The first-order chi connectivity index (χ1) is 10.1. The molecule has 2 atom stereocenters. The summed E-state index contributed by atoms with van der Waals surface area (Å²) in [6, 6.07) is 16.0. The van der Waals surface area contributed by atoms with Crippen LogP contribution in [0.3, 0.4) is 0 Å². The minimum atomic E-state index is -0.608. The van der Waals surface area contributed by atoms with Gasteiger partial charge in [-0.25, -0.2) is 0 Å². The second-order valence-electron chi connectivity index (χ2n) is 5.35. The van der Waals surface area contributed by atoms with Crippen molar-refractivity contribution in [3.63, 3.8) is 0 Å². The molecule has 0 aliphatic rings. The van der Waals surface area contributed by atoms with Crippen LogP contribution in [0.5, 0.6) is 5.75 Å². The number of aliphatic hydroxyl groups excluding tert-OH is 1. The molecule has 0 bridgehead atoms. The Morgan fingerprint density at radius 3 is 2.52 bits per heavy atom. The number of hydrogen-bond acceptors (Lipinski definition) is 3. The van der Waals surface area contributed by atoms with Crippen molar-refractivity contribution < 1.29 is 9.84 Å². The maximum Gasteiger partial charge on any atom is 0.124 e. The Labute approximate surface area is 126 Å². The topological polar surface area (TPSA) is 41.5 Å². The lowest BCUT2D eigenvalue weighted by atomic mass is 10.00. The molecule has 0 aromatic heterocycles. The molecule has 0 radical (unpaired) electrons. The molecule has 0 aliphatic carbocycles. The van der Waals surface area contributed by atoms with Crippen LogP contribution in [0.15, 0.2) is 48.5 Å². The highest BCUT2D eigenvalue weighted by atomic mass is 16.5. The summed E-state index contributed by atoms with van der Waals surface area (Å²) in [7, 11) is 1.63. The molecule has 3 nitrogen and oxygen atoms in total. The number of nitrogens with one attached hydrogen (secondary N) is 1. The molecular formula is C18H23NO2. The Hall–Kier alpha value is -1.84. The van der Waals surface area contributed by atoms with Gasteiger partial charge < -0.3 is 15.2 Å². The number of aryl methyl sites for hydroxylation is 1. The van der Waals surface area contributed by atoms with E-state index in [4.69, 9.17) is 4.74 Å². The lowest BCUT2D eigenvalue weighted by molar-refractivity contribution is 0.132. The SMILES string of the molecule is COc1ccc(C)cc1C(O)C(C)NCc1ccccc1. The molecule has 2 aromatic rings. The third-order valence-electron chi connectivity index (χ3n) is 3.65. The van der Waals surface area contributed by atoms with Crippen molar-refractivity contribution in [2.75, 3.05) is 7.11 Å². The van der Waals surface area contributed by atoms with Gasteiger partial charge in [0.1, 0.15) is 5.75 Å². The van der Waals surface area contributed by atoms with Crippen molar-refractivity contribution in [3.05, 3.63) is 65.2 Å². The summed E-state index contributed by atoms with van der Waals surface area (Å²) in [6.07, 6.45) is -0.608. The van der Waals surface area contributed by atoms with Gasteiger partial charge in [-0.15, -0.1) is 0 Å². The number of aliphatic hydroxyl groups is 1. The van der Waals surface area contributed by atoms with Crippen molar-refractivity contribution in [1.82, 2.24) is 5.32 Å². The van der Waals surface area contributed by atoms with Crippen LogP contribution in [0.2, 0.25) is 0 Å². The molecule has 3 heteroatoms. The van der Waals surface area contributed by atoms with Crippen LogP contribution >= 0.6 is 0 Å². The molecule has 112 valence electrons. The zero-order chi connectivity index (χ0) is 15.2. The van der Waals surface area contributed by atoms with Crippen LogP contribution in [0.25, 0.3) is 0 Å². The highest BCUT2D eigenvalue weighted by molar-refractivity contribution is 5.39. The summed E-state index contributed by atoms with van der Waals surface area (Å²) in [4.78, 5) is 0. The van der Waals surface area contributed by atoms with E-state index in [1.165, 1.54) is 5.56 Å². The van der Waals surface area contributed by atoms with Crippen LogP contribution in [0, 0.1) is 6.92 Å². The molecule has 21 heavy (non-hydrogen) atoms. The van der Waals surface area contributed by atoms with Crippen molar-refractivity contribution in [2.45, 2.75) is 32.5 Å². The average molecular weight is 285 g/mol. The van der Waals surface area contributed by atoms with E-state index >= 15 is 0 Å². The Morgan fingerprint density at radius 2 is 1.86 bits per heavy atom. The standard InChI is InChI=1S/C18H23NO2/c1-13-9-10-17(21-3)16(11-13)18(20)14(2)19-12-15-7-5-4-6-8-15/h4-11,14,18-20H,12H2,1-3H3. The summed E-state index contributed by atoms with van der Waals surface area (Å²) in [6.45, 7) is 4.72. The number of ether oxygens (including phenoxy) is 1. The van der Waals surface area contributed by atoms with Gasteiger partial charge in [0.25, 0.3) is 0 Å². The van der Waals surface area contributed by atoms with Crippen LogP contribution in [0.4, 0.5) is 0 Å². The molecule has 0 fully saturated rings. The molecule has 2 rings (SSSR count). The van der Waals surface area contributed by atoms with Crippen LogP contribution in [0.1, 0.15) is 29.7 Å². The third-order valence-corrected chi connectivity index (χ3v) is 3.65. The van der Waals surface area contributed by atoms with Gasteiger partial charge in [0.15, 0.2) is 0 Å². The van der Waals surface area contributed by atoms with Gasteiger partial charge >= 0.3 is 0 Å². The Morgan fingerprint density at radius 1 is 1.14 bits per heavy atom. The monoisotopic (exact) mass is 285 g/mol. The maximum atomic E-state index is 10.6. The van der Waals surface area contributed by atoms with Gasteiger partial charge in [0, 0.05) is 18.2 Å². The zero-order valence-corrected chi connectivity index (χ0v) is 12.8. The van der Waals surface area contributed by atoms with Gasteiger partial charge in [0.2, 0.25) is 0 Å². The average Bonchev–Trinajstić information content (AvgIpc) is 2.52. The molecule has 2 unspecified atom stereocenters. The quantitative estimate of drug-likeness (QED) is 0.856. The Kier molecular flexibility index (Phi) is 5.37. The van der Waals surface area contributed by atoms with Crippen molar-refractivity contribution in [3.8, 4) is 5.75 Å². The van der Waals surface area contributed by atoms with Gasteiger partial charge in [-0.05, 0) is 31.5 Å². The number of rotatable bonds is 6. The van der Waals surface area contributed by atoms with Gasteiger partial charge in [-0.1, -0.05) is 42.0 Å². The Bertz CT molecular complexity index is 569. The summed E-state index contributed by atoms with van der Waals surface area (Å²) >= 11 is 0. The summed E-state index contributed by atoms with van der Waals surface area (Å²) in [5.41, 5.74) is 3.14. The highest BCUT2D eigenvalue weighted by Gasteiger charge is 2.19. The lowest BCUT2D eigenvalue weighted by Crippen LogP contribution is -2.32. The van der Waals surface area contributed by atoms with E-state index in [1.807, 2.05) is 50.2 Å². The van der Waals surface area contributed by atoms with Gasteiger partial charge in [0.05, 0.1) is 13.2 Å². The van der Waals surface area contributed by atoms with E-state index in [9.17, 15) is 5.11 Å². The minimum Gasteiger partial charge on any atom is -0.496 e. The first kappa shape index (κ1) is 15.5. The van der Waals surface area contributed by atoms with E-state index in [1.54, 1.807) is 7.11 Å². The second-order valence-corrected chi connectivity index (χ2v) is 5.35. The molecule has 0 aliphatic heterocycles. The molecule has 0 heterocycles. The third kappa shape index (κ3) is 4.06. The van der Waals surface area contributed by atoms with Crippen LogP contribution in [-0.2, 0) is 6.54 Å². The van der Waals surface area contributed by atoms with E-state index in [2.05, 4.69) is 17.4 Å². The highest BCUT2D eigenvalue weighted by Crippen LogP contribution is 2.28. The first-order valence-corrected chi connectivity index (χ1v) is 7.21. The molecule has 2 aromatic carbocycles. The summed E-state index contributed by atoms with van der Waals surface area (Å²) < 4.78 is 5.35. The lowest BCUT2D eigenvalue weighted by Gasteiger charge is -2.23. The number of methoxy groups -OCH3 is 1. The van der Waals surface area contributed by atoms with Crippen molar-refractivity contribution in [1.29, 1.82) is 0 Å². The van der Waals surface area contributed by atoms with Crippen molar-refractivity contribution in [2.24, 2.45) is 0 Å². The first-order valence-electron chi connectivity index (χ1n) is 7.21. The predicted molar refractivity (Wildman–Crippen MR) is 85.4 cm³/mol. The van der Waals surface area contributed by atoms with E-state index in [-0.39, 0.29) is 6.04 Å². The van der Waals surface area contributed by atoms with Crippen molar-refractivity contribution >= 4 is 0 Å². The van der Waals surface area contributed by atoms with E-state index < -0.39 is 6.10 Å². The Balaban J connectivity index is 2.05. The fraction of sp³-hybridized carbons (Fsp3) is 0.333. The molecular weight excluding hydrogens is 262 g/mol. The second kappa shape index (κ2) is 7.25.